The molecule has 0 unspecified atom stereocenters. The lowest BCUT2D eigenvalue weighted by Gasteiger charge is -2.25. The van der Waals surface area contributed by atoms with Crippen molar-refractivity contribution >= 4 is 11.5 Å². The molecule has 22 heavy (non-hydrogen) atoms. The molecule has 0 bridgehead atoms. The van der Waals surface area contributed by atoms with Crippen molar-refractivity contribution in [3.05, 3.63) is 51.4 Å². The summed E-state index contributed by atoms with van der Waals surface area (Å²) in [4.78, 5) is 15.2. The Morgan fingerprint density at radius 1 is 1.45 bits per heavy atom. The highest BCUT2D eigenvalue weighted by Crippen LogP contribution is 2.37. The summed E-state index contributed by atoms with van der Waals surface area (Å²) in [6.07, 6.45) is 6.92. The molecule has 1 aliphatic carbocycles. The van der Waals surface area contributed by atoms with Gasteiger partial charge in [-0.1, -0.05) is 12.5 Å². The third kappa shape index (κ3) is 3.92. The second kappa shape index (κ2) is 7.17. The molecule has 2 N–H and O–H groups in total. The van der Waals surface area contributed by atoms with Crippen LogP contribution in [-0.4, -0.2) is 21.6 Å². The molecule has 0 aromatic carbocycles. The van der Waals surface area contributed by atoms with Gasteiger partial charge in [0.15, 0.2) is 0 Å². The number of nitrogens with zero attached hydrogens (tertiary/aromatic N) is 2. The fourth-order valence-electron chi connectivity index (χ4n) is 2.19. The molecule has 6 nitrogen and oxygen atoms in total. The number of aliphatic hydroxyl groups is 1. The van der Waals surface area contributed by atoms with E-state index in [-0.39, 0.29) is 18.1 Å². The van der Waals surface area contributed by atoms with E-state index in [1.165, 1.54) is 12.5 Å². The van der Waals surface area contributed by atoms with E-state index >= 15 is 0 Å². The fourth-order valence-corrected chi connectivity index (χ4v) is 2.19. The van der Waals surface area contributed by atoms with E-state index in [1.807, 2.05) is 13.8 Å². The van der Waals surface area contributed by atoms with Crippen LogP contribution >= 0.6 is 0 Å². The predicted octanol–water partition coefficient (Wildman–Crippen LogP) is 3.51. The van der Waals surface area contributed by atoms with Gasteiger partial charge in [-0.2, -0.15) is 0 Å². The number of nitro groups is 1. The third-order valence-electron chi connectivity index (χ3n) is 3.80. The first-order valence-electron chi connectivity index (χ1n) is 7.38. The van der Waals surface area contributed by atoms with Crippen LogP contribution in [0.4, 0.5) is 11.5 Å². The summed E-state index contributed by atoms with van der Waals surface area (Å²) in [6.45, 7) is 3.60. The van der Waals surface area contributed by atoms with Gasteiger partial charge in [0, 0.05) is 23.4 Å². The summed E-state index contributed by atoms with van der Waals surface area (Å²) in [5.41, 5.74) is 2.42. The van der Waals surface area contributed by atoms with Gasteiger partial charge in [-0.25, -0.2) is 4.98 Å². The van der Waals surface area contributed by atoms with Crippen molar-refractivity contribution in [3.63, 3.8) is 0 Å². The van der Waals surface area contributed by atoms with Crippen molar-refractivity contribution < 1.29 is 10.0 Å². The first kappa shape index (κ1) is 16.2. The van der Waals surface area contributed by atoms with Crippen molar-refractivity contribution in [1.82, 2.24) is 4.98 Å². The average Bonchev–Trinajstić information content (AvgIpc) is 2.42. The molecular weight excluding hydrogens is 282 g/mol. The van der Waals surface area contributed by atoms with Crippen molar-refractivity contribution in [3.8, 4) is 0 Å². The molecule has 0 atom stereocenters. The van der Waals surface area contributed by atoms with Gasteiger partial charge in [0.1, 0.15) is 0 Å². The third-order valence-corrected chi connectivity index (χ3v) is 3.80. The van der Waals surface area contributed by atoms with Crippen molar-refractivity contribution in [2.45, 2.75) is 39.0 Å². The minimum Gasteiger partial charge on any atom is -0.392 e. The maximum Gasteiger partial charge on any atom is 0.311 e. The van der Waals surface area contributed by atoms with E-state index in [0.29, 0.717) is 5.92 Å². The Balaban J connectivity index is 2.24. The van der Waals surface area contributed by atoms with Crippen LogP contribution < -0.4 is 5.32 Å². The number of hydrogen-bond donors (Lipinski definition) is 2. The molecule has 0 amide bonds. The molecule has 1 aliphatic rings. The lowest BCUT2D eigenvalue weighted by atomic mass is 9.82. The second-order valence-electron chi connectivity index (χ2n) is 5.63. The maximum atomic E-state index is 11.1. The van der Waals surface area contributed by atoms with Gasteiger partial charge in [-0.05, 0) is 44.4 Å². The van der Waals surface area contributed by atoms with Crippen molar-refractivity contribution in [1.29, 1.82) is 0 Å². The normalized spacial score (nSPS) is 16.3. The highest BCUT2D eigenvalue weighted by Gasteiger charge is 2.24. The number of allylic oxidation sites excluding steroid dienone is 3. The van der Waals surface area contributed by atoms with E-state index in [1.54, 1.807) is 18.2 Å². The molecule has 6 heteroatoms. The maximum absolute atomic E-state index is 11.1. The fraction of sp³-hybridized carbons (Fsp3) is 0.438. The molecule has 1 saturated carbocycles. The minimum atomic E-state index is -0.429. The molecular formula is C16H21N3O3. The van der Waals surface area contributed by atoms with Gasteiger partial charge in [-0.15, -0.1) is 0 Å². The van der Waals surface area contributed by atoms with E-state index in [4.69, 9.17) is 5.11 Å². The van der Waals surface area contributed by atoms with Crippen LogP contribution in [0.1, 0.15) is 44.7 Å². The van der Waals surface area contributed by atoms with Gasteiger partial charge in [-0.3, -0.25) is 10.1 Å². The lowest BCUT2D eigenvalue weighted by Crippen LogP contribution is -2.12. The molecule has 0 spiro atoms. The minimum absolute atomic E-state index is 0.0145. The monoisotopic (exact) mass is 303 g/mol. The van der Waals surface area contributed by atoms with Crippen LogP contribution in [0, 0.1) is 10.1 Å². The highest BCUT2D eigenvalue weighted by atomic mass is 16.6. The number of hydrogen-bond acceptors (Lipinski definition) is 5. The van der Waals surface area contributed by atoms with Gasteiger partial charge in [0.2, 0.25) is 5.82 Å². The molecule has 2 rings (SSSR count). The smallest absolute Gasteiger partial charge is 0.311 e. The van der Waals surface area contributed by atoms with Crippen LogP contribution in [0.25, 0.3) is 0 Å². The van der Waals surface area contributed by atoms with E-state index < -0.39 is 4.92 Å². The standard InChI is InChI=1S/C16H21N3O3/c1-11(10-20)6-7-12(2)17-16-15(19(21)22)9-8-14(18-16)13-4-3-5-13/h6-9,13,20H,3-5,10H2,1-2H3,(H,17,18)/b11-6+,12-7+. The van der Waals surface area contributed by atoms with E-state index in [0.717, 1.165) is 29.8 Å². The number of anilines is 1. The first-order chi connectivity index (χ1) is 10.5. The number of aliphatic hydroxyl groups excluding tert-OH is 1. The van der Waals surface area contributed by atoms with Gasteiger partial charge >= 0.3 is 5.69 Å². The Bertz CT molecular complexity index is 619. The Morgan fingerprint density at radius 3 is 2.73 bits per heavy atom. The Kier molecular flexibility index (Phi) is 5.27. The first-order valence-corrected chi connectivity index (χ1v) is 7.38. The van der Waals surface area contributed by atoms with Gasteiger partial charge in [0.25, 0.3) is 0 Å². The van der Waals surface area contributed by atoms with Crippen LogP contribution in [0.5, 0.6) is 0 Å². The summed E-state index contributed by atoms with van der Waals surface area (Å²) in [7, 11) is 0. The summed E-state index contributed by atoms with van der Waals surface area (Å²) in [6, 6.07) is 3.27. The number of pyridine rings is 1. The van der Waals surface area contributed by atoms with Crippen LogP contribution in [0.15, 0.2) is 35.6 Å². The highest BCUT2D eigenvalue weighted by molar-refractivity contribution is 5.59. The van der Waals surface area contributed by atoms with E-state index in [9.17, 15) is 10.1 Å². The molecule has 1 aromatic heterocycles. The van der Waals surface area contributed by atoms with Crippen molar-refractivity contribution in [2.75, 3.05) is 11.9 Å². The largest absolute Gasteiger partial charge is 0.392 e. The molecule has 0 saturated heterocycles. The van der Waals surface area contributed by atoms with Crippen LogP contribution in [0.3, 0.4) is 0 Å². The van der Waals surface area contributed by atoms with Gasteiger partial charge in [0.05, 0.1) is 11.5 Å². The summed E-state index contributed by atoms with van der Waals surface area (Å²) >= 11 is 0. The second-order valence-corrected chi connectivity index (χ2v) is 5.63. The summed E-state index contributed by atoms with van der Waals surface area (Å²) < 4.78 is 0. The average molecular weight is 303 g/mol. The van der Waals surface area contributed by atoms with Crippen molar-refractivity contribution in [2.24, 2.45) is 0 Å². The van der Waals surface area contributed by atoms with Gasteiger partial charge < -0.3 is 10.4 Å². The molecule has 118 valence electrons. The Morgan fingerprint density at radius 2 is 2.18 bits per heavy atom. The molecule has 0 radical (unpaired) electrons. The number of nitrogens with one attached hydrogen (secondary N) is 1. The lowest BCUT2D eigenvalue weighted by molar-refractivity contribution is -0.384. The summed E-state index contributed by atoms with van der Waals surface area (Å²) in [5, 5.41) is 23.1. The molecule has 1 fully saturated rings. The Labute approximate surface area is 129 Å². The molecule has 1 aromatic rings. The zero-order chi connectivity index (χ0) is 16.1. The van der Waals surface area contributed by atoms with E-state index in [2.05, 4.69) is 10.3 Å². The SMILES string of the molecule is C/C(=C\C=C(/C)Nc1nc(C2CCC2)ccc1[N+](=O)[O-])CO. The van der Waals surface area contributed by atoms with Crippen LogP contribution in [-0.2, 0) is 0 Å². The quantitative estimate of drug-likeness (QED) is 0.477. The zero-order valence-corrected chi connectivity index (χ0v) is 12.9. The van der Waals surface area contributed by atoms with Crippen LogP contribution in [0.2, 0.25) is 0 Å². The number of rotatable bonds is 6. The number of aromatic nitrogens is 1. The topological polar surface area (TPSA) is 88.3 Å². The Hall–Kier alpha value is -2.21. The predicted molar refractivity (Wildman–Crippen MR) is 85.7 cm³/mol. The summed E-state index contributed by atoms with van der Waals surface area (Å²) in [5.74, 6) is 0.695. The molecule has 0 aliphatic heterocycles. The molecule has 1 heterocycles. The zero-order valence-electron chi connectivity index (χ0n) is 12.9.